The van der Waals surface area contributed by atoms with Crippen LogP contribution in [0.4, 0.5) is 5.69 Å². The summed E-state index contributed by atoms with van der Waals surface area (Å²) in [4.78, 5) is 30.7. The Hall–Kier alpha value is -2.70. The molecule has 1 aromatic heterocycles. The van der Waals surface area contributed by atoms with Gasteiger partial charge in [0.25, 0.3) is 0 Å². The van der Waals surface area contributed by atoms with Crippen molar-refractivity contribution in [3.05, 3.63) is 41.5 Å². The second-order valence-corrected chi connectivity index (χ2v) is 6.31. The maximum Gasteiger partial charge on any atom is 0.313 e. The Kier molecular flexibility index (Phi) is 5.11. The molecule has 1 aliphatic heterocycles. The molecule has 1 aliphatic rings. The van der Waals surface area contributed by atoms with E-state index in [2.05, 4.69) is 15.5 Å². The predicted octanol–water partition coefficient (Wildman–Crippen LogP) is 2.29. The van der Waals surface area contributed by atoms with E-state index >= 15 is 0 Å². The molecule has 7 heteroatoms. The summed E-state index contributed by atoms with van der Waals surface area (Å²) in [5, 5.41) is 6.67. The summed E-state index contributed by atoms with van der Waals surface area (Å²) in [7, 11) is 0. The first-order chi connectivity index (χ1) is 12.1. The average molecular weight is 342 g/mol. The van der Waals surface area contributed by atoms with Gasteiger partial charge in [-0.2, -0.15) is 4.98 Å². The lowest BCUT2D eigenvalue weighted by atomic mass is 9.97. The zero-order valence-electron chi connectivity index (χ0n) is 14.5. The molecule has 0 aliphatic carbocycles. The molecule has 0 spiro atoms. The first-order valence-electron chi connectivity index (χ1n) is 8.56. The SMILES string of the molecule is CCc1nc([C@H]2CCCN(C(=O)C(=O)Nc3cccc(C)c3)C2)no1. The third kappa shape index (κ3) is 4.04. The normalized spacial score (nSPS) is 17.4. The van der Waals surface area contributed by atoms with Crippen molar-refractivity contribution in [3.8, 4) is 0 Å². The number of hydrogen-bond acceptors (Lipinski definition) is 5. The highest BCUT2D eigenvalue weighted by Crippen LogP contribution is 2.25. The molecule has 1 aromatic carbocycles. The molecule has 0 unspecified atom stereocenters. The highest BCUT2D eigenvalue weighted by molar-refractivity contribution is 6.39. The van der Waals surface area contributed by atoms with Crippen LogP contribution in [0.5, 0.6) is 0 Å². The molecule has 25 heavy (non-hydrogen) atoms. The Morgan fingerprint density at radius 2 is 2.24 bits per heavy atom. The van der Waals surface area contributed by atoms with Crippen LogP contribution in [0.15, 0.2) is 28.8 Å². The van der Waals surface area contributed by atoms with Crippen LogP contribution in [0.2, 0.25) is 0 Å². The Morgan fingerprint density at radius 1 is 1.40 bits per heavy atom. The number of hydrogen-bond donors (Lipinski definition) is 1. The molecule has 7 nitrogen and oxygen atoms in total. The van der Waals surface area contributed by atoms with Crippen molar-refractivity contribution in [1.29, 1.82) is 0 Å². The first kappa shape index (κ1) is 17.1. The third-order valence-corrected chi connectivity index (χ3v) is 4.33. The minimum Gasteiger partial charge on any atom is -0.339 e. The molecule has 0 bridgehead atoms. The van der Waals surface area contributed by atoms with Gasteiger partial charge in [-0.1, -0.05) is 24.2 Å². The maximum atomic E-state index is 12.5. The van der Waals surface area contributed by atoms with Gasteiger partial charge in [-0.25, -0.2) is 0 Å². The topological polar surface area (TPSA) is 88.3 Å². The van der Waals surface area contributed by atoms with E-state index in [-0.39, 0.29) is 5.92 Å². The second-order valence-electron chi connectivity index (χ2n) is 6.31. The van der Waals surface area contributed by atoms with Crippen molar-refractivity contribution >= 4 is 17.5 Å². The molecule has 1 N–H and O–H groups in total. The van der Waals surface area contributed by atoms with Crippen molar-refractivity contribution < 1.29 is 14.1 Å². The Balaban J connectivity index is 1.64. The minimum atomic E-state index is -0.617. The number of aromatic nitrogens is 2. The van der Waals surface area contributed by atoms with E-state index < -0.39 is 11.8 Å². The van der Waals surface area contributed by atoms with Gasteiger partial charge in [-0.15, -0.1) is 0 Å². The third-order valence-electron chi connectivity index (χ3n) is 4.33. The lowest BCUT2D eigenvalue weighted by Gasteiger charge is -2.30. The summed E-state index contributed by atoms with van der Waals surface area (Å²) >= 11 is 0. The quantitative estimate of drug-likeness (QED) is 0.865. The maximum absolute atomic E-state index is 12.5. The zero-order chi connectivity index (χ0) is 17.8. The van der Waals surface area contributed by atoms with Crippen molar-refractivity contribution in [2.75, 3.05) is 18.4 Å². The van der Waals surface area contributed by atoms with Crippen molar-refractivity contribution in [2.24, 2.45) is 0 Å². The van der Waals surface area contributed by atoms with Crippen LogP contribution in [0.1, 0.15) is 43.0 Å². The summed E-state index contributed by atoms with van der Waals surface area (Å²) in [6.07, 6.45) is 2.37. The van der Waals surface area contributed by atoms with E-state index in [0.29, 0.717) is 36.9 Å². The largest absolute Gasteiger partial charge is 0.339 e. The van der Waals surface area contributed by atoms with Crippen LogP contribution >= 0.6 is 0 Å². The summed E-state index contributed by atoms with van der Waals surface area (Å²) in [5.74, 6) is 0.0802. The molecule has 0 saturated carbocycles. The van der Waals surface area contributed by atoms with Gasteiger partial charge >= 0.3 is 11.8 Å². The molecule has 0 radical (unpaired) electrons. The molecular weight excluding hydrogens is 320 g/mol. The minimum absolute atomic E-state index is 0.00789. The number of benzene rings is 1. The number of rotatable bonds is 3. The number of amides is 2. The lowest BCUT2D eigenvalue weighted by molar-refractivity contribution is -0.144. The van der Waals surface area contributed by atoms with Crippen LogP contribution < -0.4 is 5.32 Å². The van der Waals surface area contributed by atoms with E-state index in [9.17, 15) is 9.59 Å². The monoisotopic (exact) mass is 342 g/mol. The fraction of sp³-hybridized carbons (Fsp3) is 0.444. The summed E-state index contributed by atoms with van der Waals surface area (Å²) in [5.41, 5.74) is 1.64. The molecule has 132 valence electrons. The summed E-state index contributed by atoms with van der Waals surface area (Å²) in [6, 6.07) is 7.37. The Morgan fingerprint density at radius 3 is 2.96 bits per heavy atom. The number of nitrogens with one attached hydrogen (secondary N) is 1. The number of nitrogens with zero attached hydrogens (tertiary/aromatic N) is 3. The van der Waals surface area contributed by atoms with Gasteiger partial charge < -0.3 is 14.7 Å². The number of piperidine rings is 1. The van der Waals surface area contributed by atoms with E-state index in [1.54, 1.807) is 11.0 Å². The molecule has 1 atom stereocenters. The molecule has 2 heterocycles. The van der Waals surface area contributed by atoms with E-state index in [1.807, 2.05) is 32.0 Å². The highest BCUT2D eigenvalue weighted by Gasteiger charge is 2.30. The van der Waals surface area contributed by atoms with Crippen LogP contribution in [0.25, 0.3) is 0 Å². The predicted molar refractivity (Wildman–Crippen MR) is 92.0 cm³/mol. The van der Waals surface area contributed by atoms with Gasteiger partial charge in [0, 0.05) is 31.1 Å². The number of carbonyl (C=O) groups excluding carboxylic acids is 2. The van der Waals surface area contributed by atoms with Gasteiger partial charge in [0.2, 0.25) is 5.89 Å². The second kappa shape index (κ2) is 7.46. The number of likely N-dealkylation sites (tertiary alicyclic amines) is 1. The van der Waals surface area contributed by atoms with Gasteiger partial charge in [-0.05, 0) is 37.5 Å². The van der Waals surface area contributed by atoms with Crippen LogP contribution in [-0.2, 0) is 16.0 Å². The number of aryl methyl sites for hydroxylation is 2. The van der Waals surface area contributed by atoms with E-state index in [4.69, 9.17) is 4.52 Å². The van der Waals surface area contributed by atoms with Gasteiger partial charge in [0.15, 0.2) is 5.82 Å². The van der Waals surface area contributed by atoms with E-state index in [1.165, 1.54) is 0 Å². The van der Waals surface area contributed by atoms with Crippen LogP contribution in [0, 0.1) is 6.92 Å². The fourth-order valence-corrected chi connectivity index (χ4v) is 3.00. The van der Waals surface area contributed by atoms with Gasteiger partial charge in [0.1, 0.15) is 0 Å². The van der Waals surface area contributed by atoms with Crippen molar-refractivity contribution in [2.45, 2.75) is 39.0 Å². The molecule has 1 fully saturated rings. The number of carbonyl (C=O) groups is 2. The van der Waals surface area contributed by atoms with E-state index in [0.717, 1.165) is 18.4 Å². The number of anilines is 1. The first-order valence-corrected chi connectivity index (χ1v) is 8.56. The molecule has 2 aromatic rings. The average Bonchev–Trinajstić information content (AvgIpc) is 3.10. The lowest BCUT2D eigenvalue weighted by Crippen LogP contribution is -2.44. The van der Waals surface area contributed by atoms with Gasteiger partial charge in [-0.3, -0.25) is 9.59 Å². The standard InChI is InChI=1S/C18H22N4O3/c1-3-15-20-16(21-25-15)13-7-5-9-22(11-13)18(24)17(23)19-14-8-4-6-12(2)10-14/h4,6,8,10,13H,3,5,7,9,11H2,1-2H3,(H,19,23)/t13-/m0/s1. The van der Waals surface area contributed by atoms with Crippen LogP contribution in [0.3, 0.4) is 0 Å². The summed E-state index contributed by atoms with van der Waals surface area (Å²) < 4.78 is 5.16. The smallest absolute Gasteiger partial charge is 0.313 e. The van der Waals surface area contributed by atoms with Gasteiger partial charge in [0.05, 0.1) is 0 Å². The van der Waals surface area contributed by atoms with Crippen molar-refractivity contribution in [1.82, 2.24) is 15.0 Å². The Bertz CT molecular complexity index is 771. The molecule has 3 rings (SSSR count). The van der Waals surface area contributed by atoms with Crippen molar-refractivity contribution in [3.63, 3.8) is 0 Å². The highest BCUT2D eigenvalue weighted by atomic mass is 16.5. The fourth-order valence-electron chi connectivity index (χ4n) is 3.00. The molecular formula is C18H22N4O3. The molecule has 1 saturated heterocycles. The molecule has 2 amide bonds. The Labute approximate surface area is 146 Å². The van der Waals surface area contributed by atoms with Crippen LogP contribution in [-0.4, -0.2) is 39.9 Å². The zero-order valence-corrected chi connectivity index (χ0v) is 14.5. The summed E-state index contributed by atoms with van der Waals surface area (Å²) in [6.45, 7) is 4.88.